The van der Waals surface area contributed by atoms with Crippen LogP contribution in [0.15, 0.2) is 5.51 Å². The van der Waals surface area contributed by atoms with Crippen molar-refractivity contribution in [1.29, 1.82) is 0 Å². The molecule has 1 aromatic heterocycles. The second-order valence-corrected chi connectivity index (χ2v) is 4.15. The molecule has 0 bridgehead atoms. The lowest BCUT2D eigenvalue weighted by molar-refractivity contribution is 0.265. The van der Waals surface area contributed by atoms with E-state index in [2.05, 4.69) is 15.5 Å². The molecule has 2 rings (SSSR count). The molecular weight excluding hydrogens is 172 g/mol. The molecule has 0 saturated heterocycles. The summed E-state index contributed by atoms with van der Waals surface area (Å²) in [7, 11) is 0. The number of anilines is 1. The average Bonchev–Trinajstić information content (AvgIpc) is 2.49. The number of hydrogen-bond donors (Lipinski definition) is 2. The fourth-order valence-corrected chi connectivity index (χ4v) is 1.75. The van der Waals surface area contributed by atoms with Crippen LogP contribution in [0, 0.1) is 0 Å². The van der Waals surface area contributed by atoms with Gasteiger partial charge in [0, 0.05) is 12.1 Å². The Kier molecular flexibility index (Phi) is 1.98. The molecule has 0 radical (unpaired) electrons. The summed E-state index contributed by atoms with van der Waals surface area (Å²) >= 11 is 1.51. The molecule has 1 aliphatic rings. The molecule has 0 aliphatic heterocycles. The topological polar surface area (TPSA) is 63.8 Å². The normalized spacial score (nSPS) is 20.1. The minimum Gasteiger partial charge on any atom is -0.358 e. The fraction of sp³-hybridized carbons (Fsp3) is 0.714. The van der Waals surface area contributed by atoms with Gasteiger partial charge in [-0.3, -0.25) is 0 Å². The van der Waals surface area contributed by atoms with E-state index in [-0.39, 0.29) is 5.54 Å². The summed E-state index contributed by atoms with van der Waals surface area (Å²) in [6.45, 7) is 0.822. The maximum atomic E-state index is 6.01. The molecule has 4 nitrogen and oxygen atoms in total. The van der Waals surface area contributed by atoms with Crippen molar-refractivity contribution in [1.82, 2.24) is 10.2 Å². The van der Waals surface area contributed by atoms with Gasteiger partial charge >= 0.3 is 0 Å². The molecule has 0 unspecified atom stereocenters. The molecule has 1 fully saturated rings. The fourth-order valence-electron chi connectivity index (χ4n) is 1.31. The SMILES string of the molecule is NC1(CNc2nncs2)CCC1. The second-order valence-electron chi connectivity index (χ2n) is 3.31. The van der Waals surface area contributed by atoms with E-state index in [1.54, 1.807) is 5.51 Å². The molecule has 1 heterocycles. The lowest BCUT2D eigenvalue weighted by Crippen LogP contribution is -2.51. The Morgan fingerprint density at radius 2 is 2.50 bits per heavy atom. The first kappa shape index (κ1) is 7.94. The number of hydrogen-bond acceptors (Lipinski definition) is 5. The molecule has 0 atom stereocenters. The van der Waals surface area contributed by atoms with Crippen molar-refractivity contribution in [3.05, 3.63) is 5.51 Å². The number of nitrogens with zero attached hydrogens (tertiary/aromatic N) is 2. The van der Waals surface area contributed by atoms with E-state index in [0.717, 1.165) is 24.5 Å². The maximum Gasteiger partial charge on any atom is 0.205 e. The summed E-state index contributed by atoms with van der Waals surface area (Å²) in [5, 5.41) is 11.7. The molecule has 12 heavy (non-hydrogen) atoms. The molecule has 1 aliphatic carbocycles. The van der Waals surface area contributed by atoms with Gasteiger partial charge in [0.05, 0.1) is 0 Å². The van der Waals surface area contributed by atoms with Crippen LogP contribution in [-0.2, 0) is 0 Å². The van der Waals surface area contributed by atoms with Crippen LogP contribution in [0.1, 0.15) is 19.3 Å². The summed E-state index contributed by atoms with van der Waals surface area (Å²) in [6, 6.07) is 0. The van der Waals surface area contributed by atoms with Crippen LogP contribution >= 0.6 is 11.3 Å². The van der Waals surface area contributed by atoms with Gasteiger partial charge in [-0.2, -0.15) is 0 Å². The minimum atomic E-state index is 0.0195. The predicted octanol–water partition coefficient (Wildman–Crippen LogP) is 0.831. The van der Waals surface area contributed by atoms with Crippen LogP contribution in [0.4, 0.5) is 5.13 Å². The van der Waals surface area contributed by atoms with E-state index in [1.807, 2.05) is 0 Å². The lowest BCUT2D eigenvalue weighted by Gasteiger charge is -2.37. The third kappa shape index (κ3) is 1.56. The van der Waals surface area contributed by atoms with Crippen molar-refractivity contribution in [3.8, 4) is 0 Å². The molecule has 3 N–H and O–H groups in total. The zero-order valence-electron chi connectivity index (χ0n) is 6.79. The van der Waals surface area contributed by atoms with Gasteiger partial charge in [0.1, 0.15) is 5.51 Å². The molecule has 5 heteroatoms. The Hall–Kier alpha value is -0.680. The Balaban J connectivity index is 1.82. The van der Waals surface area contributed by atoms with Crippen molar-refractivity contribution in [2.45, 2.75) is 24.8 Å². The van der Waals surface area contributed by atoms with Gasteiger partial charge in [0.15, 0.2) is 0 Å². The van der Waals surface area contributed by atoms with E-state index >= 15 is 0 Å². The first-order valence-corrected chi connectivity index (χ1v) is 4.95. The zero-order valence-corrected chi connectivity index (χ0v) is 7.60. The standard InChI is InChI=1S/C7H12N4S/c8-7(2-1-3-7)4-9-6-11-10-5-12-6/h5H,1-4,8H2,(H,9,11). The van der Waals surface area contributed by atoms with Gasteiger partial charge in [0.25, 0.3) is 0 Å². The van der Waals surface area contributed by atoms with Gasteiger partial charge in [-0.1, -0.05) is 11.3 Å². The van der Waals surface area contributed by atoms with Crippen molar-refractivity contribution in [3.63, 3.8) is 0 Å². The van der Waals surface area contributed by atoms with Gasteiger partial charge in [-0.15, -0.1) is 10.2 Å². The van der Waals surface area contributed by atoms with Crippen molar-refractivity contribution in [2.75, 3.05) is 11.9 Å². The summed E-state index contributed by atoms with van der Waals surface area (Å²) in [4.78, 5) is 0. The van der Waals surface area contributed by atoms with Gasteiger partial charge in [-0.25, -0.2) is 0 Å². The van der Waals surface area contributed by atoms with Crippen molar-refractivity contribution < 1.29 is 0 Å². The third-order valence-corrected chi connectivity index (χ3v) is 2.95. The number of nitrogens with one attached hydrogen (secondary N) is 1. The lowest BCUT2D eigenvalue weighted by atomic mass is 9.78. The number of rotatable bonds is 3. The highest BCUT2D eigenvalue weighted by atomic mass is 32.1. The molecule has 0 aromatic carbocycles. The van der Waals surface area contributed by atoms with Crippen LogP contribution in [0.25, 0.3) is 0 Å². The summed E-state index contributed by atoms with van der Waals surface area (Å²) < 4.78 is 0. The Bertz CT molecular complexity index is 242. The molecule has 1 saturated carbocycles. The Morgan fingerprint density at radius 1 is 1.67 bits per heavy atom. The van der Waals surface area contributed by atoms with Crippen molar-refractivity contribution in [2.24, 2.45) is 5.73 Å². The van der Waals surface area contributed by atoms with Crippen LogP contribution in [0.2, 0.25) is 0 Å². The Morgan fingerprint density at radius 3 is 3.00 bits per heavy atom. The van der Waals surface area contributed by atoms with E-state index < -0.39 is 0 Å². The van der Waals surface area contributed by atoms with Crippen LogP contribution in [0.3, 0.4) is 0 Å². The predicted molar refractivity (Wildman–Crippen MR) is 49.2 cm³/mol. The van der Waals surface area contributed by atoms with Gasteiger partial charge < -0.3 is 11.1 Å². The van der Waals surface area contributed by atoms with Crippen molar-refractivity contribution >= 4 is 16.5 Å². The number of nitrogens with two attached hydrogens (primary N) is 1. The van der Waals surface area contributed by atoms with E-state index in [4.69, 9.17) is 5.73 Å². The maximum absolute atomic E-state index is 6.01. The number of aromatic nitrogens is 2. The summed E-state index contributed by atoms with van der Waals surface area (Å²) in [5.74, 6) is 0. The van der Waals surface area contributed by atoms with Crippen LogP contribution in [0.5, 0.6) is 0 Å². The first-order valence-electron chi connectivity index (χ1n) is 4.07. The van der Waals surface area contributed by atoms with E-state index in [0.29, 0.717) is 0 Å². The van der Waals surface area contributed by atoms with Crippen LogP contribution < -0.4 is 11.1 Å². The first-order chi connectivity index (χ1) is 5.79. The molecular formula is C7H12N4S. The van der Waals surface area contributed by atoms with E-state index in [9.17, 15) is 0 Å². The highest BCUT2D eigenvalue weighted by Gasteiger charge is 2.32. The highest BCUT2D eigenvalue weighted by Crippen LogP contribution is 2.29. The van der Waals surface area contributed by atoms with Gasteiger partial charge in [0.2, 0.25) is 5.13 Å². The molecule has 66 valence electrons. The molecule has 0 amide bonds. The Labute approximate surface area is 75.2 Å². The minimum absolute atomic E-state index is 0.0195. The highest BCUT2D eigenvalue weighted by molar-refractivity contribution is 7.13. The third-order valence-electron chi connectivity index (χ3n) is 2.30. The quantitative estimate of drug-likeness (QED) is 0.730. The average molecular weight is 184 g/mol. The summed E-state index contributed by atoms with van der Waals surface area (Å²) in [5.41, 5.74) is 7.75. The monoisotopic (exact) mass is 184 g/mol. The van der Waals surface area contributed by atoms with E-state index in [1.165, 1.54) is 17.8 Å². The van der Waals surface area contributed by atoms with Gasteiger partial charge in [-0.05, 0) is 19.3 Å². The molecule has 1 aromatic rings. The summed E-state index contributed by atoms with van der Waals surface area (Å²) in [6.07, 6.45) is 3.51. The second kappa shape index (κ2) is 2.99. The van der Waals surface area contributed by atoms with Crippen LogP contribution in [-0.4, -0.2) is 22.3 Å². The largest absolute Gasteiger partial charge is 0.358 e. The zero-order chi connectivity index (χ0) is 8.44. The smallest absolute Gasteiger partial charge is 0.205 e. The molecule has 0 spiro atoms.